The molecule has 0 atom stereocenters. The first-order valence-electron chi connectivity index (χ1n) is 6.07. The van der Waals surface area contributed by atoms with Gasteiger partial charge in [0, 0.05) is 19.6 Å². The Labute approximate surface area is 107 Å². The van der Waals surface area contributed by atoms with Gasteiger partial charge in [-0.25, -0.2) is 4.98 Å². The zero-order chi connectivity index (χ0) is 13.2. The molecule has 0 saturated heterocycles. The van der Waals surface area contributed by atoms with Gasteiger partial charge >= 0.3 is 0 Å². The molecule has 100 valence electrons. The van der Waals surface area contributed by atoms with Gasteiger partial charge in [-0.3, -0.25) is 4.79 Å². The molecule has 0 fully saturated rings. The smallest absolute Gasteiger partial charge is 0.224 e. The Balaban J connectivity index is 2.37. The van der Waals surface area contributed by atoms with E-state index in [1.807, 2.05) is 0 Å². The van der Waals surface area contributed by atoms with E-state index in [1.165, 1.54) is 0 Å². The number of aromatic nitrogens is 1. The van der Waals surface area contributed by atoms with E-state index in [4.69, 9.17) is 10.8 Å². The van der Waals surface area contributed by atoms with Crippen molar-refractivity contribution in [3.8, 4) is 0 Å². The van der Waals surface area contributed by atoms with Crippen LogP contribution in [0.5, 0.6) is 0 Å². The maximum Gasteiger partial charge on any atom is 0.224 e. The molecule has 0 spiro atoms. The second kappa shape index (κ2) is 8.43. The molecule has 0 unspecified atom stereocenters. The molecule has 1 heterocycles. The molecule has 18 heavy (non-hydrogen) atoms. The van der Waals surface area contributed by atoms with Gasteiger partial charge in [0.05, 0.1) is 11.9 Å². The van der Waals surface area contributed by atoms with Gasteiger partial charge in [0.1, 0.15) is 5.82 Å². The number of nitrogens with one attached hydrogen (secondary N) is 2. The van der Waals surface area contributed by atoms with Crippen LogP contribution in [0.4, 0.5) is 11.5 Å². The molecule has 0 radical (unpaired) electrons. The van der Waals surface area contributed by atoms with Crippen molar-refractivity contribution in [2.75, 3.05) is 30.3 Å². The van der Waals surface area contributed by atoms with Crippen molar-refractivity contribution in [1.29, 1.82) is 0 Å². The number of aliphatic hydroxyl groups is 1. The summed E-state index contributed by atoms with van der Waals surface area (Å²) in [7, 11) is 0. The van der Waals surface area contributed by atoms with Crippen LogP contribution in [0.15, 0.2) is 18.3 Å². The average molecular weight is 252 g/mol. The number of hydrogen-bond acceptors (Lipinski definition) is 5. The van der Waals surface area contributed by atoms with Crippen molar-refractivity contribution in [2.45, 2.75) is 19.3 Å². The van der Waals surface area contributed by atoms with Crippen molar-refractivity contribution < 1.29 is 9.90 Å². The molecule has 0 aliphatic carbocycles. The highest BCUT2D eigenvalue weighted by molar-refractivity contribution is 5.90. The summed E-state index contributed by atoms with van der Waals surface area (Å²) in [5.41, 5.74) is 6.00. The third-order valence-electron chi connectivity index (χ3n) is 2.30. The van der Waals surface area contributed by atoms with Crippen molar-refractivity contribution in [2.24, 2.45) is 5.73 Å². The van der Waals surface area contributed by atoms with E-state index in [1.54, 1.807) is 18.3 Å². The Morgan fingerprint density at radius 3 is 2.83 bits per heavy atom. The van der Waals surface area contributed by atoms with E-state index in [-0.39, 0.29) is 12.5 Å². The first-order chi connectivity index (χ1) is 8.76. The van der Waals surface area contributed by atoms with Gasteiger partial charge < -0.3 is 21.5 Å². The quantitative estimate of drug-likeness (QED) is 0.506. The minimum absolute atomic E-state index is 0.0526. The highest BCUT2D eigenvalue weighted by atomic mass is 16.3. The fourth-order valence-electron chi connectivity index (χ4n) is 1.35. The van der Waals surface area contributed by atoms with Crippen LogP contribution >= 0.6 is 0 Å². The lowest BCUT2D eigenvalue weighted by atomic mass is 10.3. The normalized spacial score (nSPS) is 10.1. The summed E-state index contributed by atoms with van der Waals surface area (Å²) in [4.78, 5) is 15.6. The van der Waals surface area contributed by atoms with Crippen LogP contribution in [0.3, 0.4) is 0 Å². The number of pyridine rings is 1. The van der Waals surface area contributed by atoms with Gasteiger partial charge in [0.15, 0.2) is 0 Å². The summed E-state index contributed by atoms with van der Waals surface area (Å²) in [5.74, 6) is 0.673. The Morgan fingerprint density at radius 1 is 1.39 bits per heavy atom. The number of hydrogen-bond donors (Lipinski definition) is 4. The van der Waals surface area contributed by atoms with Gasteiger partial charge in [0.25, 0.3) is 0 Å². The van der Waals surface area contributed by atoms with Gasteiger partial charge in [-0.05, 0) is 31.5 Å². The first kappa shape index (κ1) is 14.4. The zero-order valence-corrected chi connectivity index (χ0v) is 10.4. The molecule has 0 bridgehead atoms. The number of carbonyl (C=O) groups is 1. The number of nitrogens with two attached hydrogens (primary N) is 1. The molecular weight excluding hydrogens is 232 g/mol. The minimum atomic E-state index is -0.0526. The fraction of sp³-hybridized carbons (Fsp3) is 0.500. The maximum absolute atomic E-state index is 11.4. The predicted molar refractivity (Wildman–Crippen MR) is 71.3 cm³/mol. The Bertz CT molecular complexity index is 354. The molecule has 1 amide bonds. The Morgan fingerprint density at radius 2 is 2.22 bits per heavy atom. The second-order valence-corrected chi connectivity index (χ2v) is 3.88. The van der Waals surface area contributed by atoms with Crippen LogP contribution in [-0.4, -0.2) is 35.7 Å². The molecule has 1 rings (SSSR count). The lowest BCUT2D eigenvalue weighted by Crippen LogP contribution is -2.13. The fourth-order valence-corrected chi connectivity index (χ4v) is 1.35. The van der Waals surface area contributed by atoms with Crippen molar-refractivity contribution in [3.63, 3.8) is 0 Å². The molecule has 0 aromatic carbocycles. The second-order valence-electron chi connectivity index (χ2n) is 3.88. The lowest BCUT2D eigenvalue weighted by Gasteiger charge is -2.07. The van der Waals surface area contributed by atoms with Crippen LogP contribution in [0.2, 0.25) is 0 Å². The highest BCUT2D eigenvalue weighted by Gasteiger charge is 2.02. The van der Waals surface area contributed by atoms with E-state index in [0.717, 1.165) is 5.82 Å². The molecule has 1 aromatic heterocycles. The van der Waals surface area contributed by atoms with E-state index in [9.17, 15) is 4.79 Å². The topological polar surface area (TPSA) is 100 Å². The summed E-state index contributed by atoms with van der Waals surface area (Å²) in [6.07, 6.45) is 3.38. The molecule has 0 aliphatic rings. The zero-order valence-electron chi connectivity index (χ0n) is 10.4. The molecular formula is C12H20N4O2. The number of aliphatic hydroxyl groups excluding tert-OH is 1. The Hall–Kier alpha value is -1.66. The largest absolute Gasteiger partial charge is 0.396 e. The highest BCUT2D eigenvalue weighted by Crippen LogP contribution is 2.10. The molecule has 0 aliphatic heterocycles. The Kier molecular flexibility index (Phi) is 6.75. The van der Waals surface area contributed by atoms with Crippen LogP contribution in [0.1, 0.15) is 19.3 Å². The summed E-state index contributed by atoms with van der Waals surface area (Å²) < 4.78 is 0. The summed E-state index contributed by atoms with van der Waals surface area (Å²) in [6.45, 7) is 1.34. The van der Waals surface area contributed by atoms with Gasteiger partial charge in [-0.2, -0.15) is 0 Å². The predicted octanol–water partition coefficient (Wildman–Crippen LogP) is 0.553. The van der Waals surface area contributed by atoms with E-state index in [0.29, 0.717) is 38.0 Å². The van der Waals surface area contributed by atoms with Crippen LogP contribution in [-0.2, 0) is 4.79 Å². The van der Waals surface area contributed by atoms with Crippen molar-refractivity contribution >= 4 is 17.4 Å². The number of amides is 1. The van der Waals surface area contributed by atoms with Gasteiger partial charge in [-0.15, -0.1) is 0 Å². The van der Waals surface area contributed by atoms with Crippen molar-refractivity contribution in [1.82, 2.24) is 4.98 Å². The monoisotopic (exact) mass is 252 g/mol. The molecule has 5 N–H and O–H groups in total. The lowest BCUT2D eigenvalue weighted by molar-refractivity contribution is -0.116. The van der Waals surface area contributed by atoms with Gasteiger partial charge in [-0.1, -0.05) is 0 Å². The SMILES string of the molecule is NCCCC(=O)Nc1ccc(NCCCO)nc1. The van der Waals surface area contributed by atoms with Crippen molar-refractivity contribution in [3.05, 3.63) is 18.3 Å². The third kappa shape index (κ3) is 5.60. The van der Waals surface area contributed by atoms with Crippen LogP contribution in [0.25, 0.3) is 0 Å². The minimum Gasteiger partial charge on any atom is -0.396 e. The number of nitrogens with zero attached hydrogens (tertiary/aromatic N) is 1. The molecule has 6 nitrogen and oxygen atoms in total. The molecule has 6 heteroatoms. The number of anilines is 2. The molecule has 0 saturated carbocycles. The number of carbonyl (C=O) groups excluding carboxylic acids is 1. The summed E-state index contributed by atoms with van der Waals surface area (Å²) >= 11 is 0. The van der Waals surface area contributed by atoms with Gasteiger partial charge in [0.2, 0.25) is 5.91 Å². The van der Waals surface area contributed by atoms with Crippen LogP contribution < -0.4 is 16.4 Å². The molecule has 1 aromatic rings. The number of rotatable bonds is 8. The van der Waals surface area contributed by atoms with E-state index in [2.05, 4.69) is 15.6 Å². The summed E-state index contributed by atoms with van der Waals surface area (Å²) in [5, 5.41) is 14.4. The summed E-state index contributed by atoms with van der Waals surface area (Å²) in [6, 6.07) is 3.57. The first-order valence-corrected chi connectivity index (χ1v) is 6.07. The average Bonchev–Trinajstić information content (AvgIpc) is 2.39. The maximum atomic E-state index is 11.4. The standard InChI is InChI=1S/C12H20N4O2/c13-6-1-3-12(18)16-10-4-5-11(15-9-10)14-7-2-8-17/h4-5,9,17H,1-3,6-8,13H2,(H,14,15)(H,16,18). The van der Waals surface area contributed by atoms with Crippen LogP contribution in [0, 0.1) is 0 Å². The third-order valence-corrected chi connectivity index (χ3v) is 2.30. The van der Waals surface area contributed by atoms with E-state index < -0.39 is 0 Å². The van der Waals surface area contributed by atoms with E-state index >= 15 is 0 Å².